The molecule has 1 heterocycles. The Morgan fingerprint density at radius 3 is 2.50 bits per heavy atom. The van der Waals surface area contributed by atoms with Gasteiger partial charge in [0, 0.05) is 11.4 Å². The molecule has 0 radical (unpaired) electrons. The van der Waals surface area contributed by atoms with Gasteiger partial charge >= 0.3 is 0 Å². The van der Waals surface area contributed by atoms with Crippen LogP contribution in [0, 0.1) is 11.6 Å². The zero-order valence-electron chi connectivity index (χ0n) is 10.1. The van der Waals surface area contributed by atoms with Crippen LogP contribution in [0.5, 0.6) is 0 Å². The van der Waals surface area contributed by atoms with Crippen molar-refractivity contribution >= 4 is 21.4 Å². The molecule has 1 aromatic heterocycles. The molecule has 0 aliphatic heterocycles. The zero-order valence-corrected chi connectivity index (χ0v) is 11.8. The molecule has 0 aliphatic rings. The van der Waals surface area contributed by atoms with Gasteiger partial charge in [0.15, 0.2) is 11.6 Å². The molecule has 1 aromatic carbocycles. The average Bonchev–Trinajstić information content (AvgIpc) is 2.90. The number of aliphatic hydroxyl groups is 1. The molecule has 0 aliphatic carbocycles. The van der Waals surface area contributed by atoms with Gasteiger partial charge in [-0.3, -0.25) is 0 Å². The summed E-state index contributed by atoms with van der Waals surface area (Å²) in [5.41, 5.74) is 0.311. The molecule has 8 heteroatoms. The predicted octanol–water partition coefficient (Wildman–Crippen LogP) is 2.00. The van der Waals surface area contributed by atoms with Gasteiger partial charge in [-0.15, -0.1) is 11.3 Å². The lowest BCUT2D eigenvalue weighted by molar-refractivity contribution is 0.285. The van der Waals surface area contributed by atoms with Crippen molar-refractivity contribution in [2.24, 2.45) is 0 Å². The summed E-state index contributed by atoms with van der Waals surface area (Å²) in [5, 5.41) is 8.90. The fourth-order valence-corrected chi connectivity index (χ4v) is 3.76. The van der Waals surface area contributed by atoms with Gasteiger partial charge in [-0.05, 0) is 29.8 Å². The van der Waals surface area contributed by atoms with Gasteiger partial charge in [-0.25, -0.2) is 21.9 Å². The van der Waals surface area contributed by atoms with Crippen LogP contribution in [0.3, 0.4) is 0 Å². The average molecular weight is 319 g/mol. The molecule has 0 fully saturated rings. The Kier molecular flexibility index (Phi) is 4.48. The van der Waals surface area contributed by atoms with Crippen LogP contribution in [0.25, 0.3) is 0 Å². The highest BCUT2D eigenvalue weighted by Gasteiger charge is 2.16. The van der Waals surface area contributed by atoms with Crippen LogP contribution < -0.4 is 4.72 Å². The summed E-state index contributed by atoms with van der Waals surface area (Å²) in [5.74, 6) is -2.01. The smallest absolute Gasteiger partial charge is 0.250 e. The summed E-state index contributed by atoms with van der Waals surface area (Å²) in [6.45, 7) is -0.380. The van der Waals surface area contributed by atoms with Crippen molar-refractivity contribution in [2.45, 2.75) is 17.4 Å². The monoisotopic (exact) mass is 319 g/mol. The van der Waals surface area contributed by atoms with E-state index >= 15 is 0 Å². The molecule has 0 bridgehead atoms. The maximum atomic E-state index is 13.0. The Labute approximate surface area is 118 Å². The summed E-state index contributed by atoms with van der Waals surface area (Å²) >= 11 is 0.946. The van der Waals surface area contributed by atoms with Crippen molar-refractivity contribution in [1.29, 1.82) is 0 Å². The zero-order chi connectivity index (χ0) is 14.8. The van der Waals surface area contributed by atoms with Crippen LogP contribution in [-0.4, -0.2) is 13.5 Å². The molecule has 0 saturated carbocycles. The molecular weight excluding hydrogens is 308 g/mol. The second-order valence-electron chi connectivity index (χ2n) is 3.95. The second kappa shape index (κ2) is 5.96. The number of thiophene rings is 1. The molecular formula is C12H11F2NO3S2. The number of aliphatic hydroxyl groups excluding tert-OH is 1. The number of benzene rings is 1. The lowest BCUT2D eigenvalue weighted by atomic mass is 10.2. The maximum absolute atomic E-state index is 13.0. The summed E-state index contributed by atoms with van der Waals surface area (Å²) in [4.78, 5) is 0.526. The molecule has 0 spiro atoms. The number of hydrogen-bond acceptors (Lipinski definition) is 4. The number of sulfonamides is 1. The van der Waals surface area contributed by atoms with Gasteiger partial charge in [0.1, 0.15) is 4.21 Å². The first kappa shape index (κ1) is 15.0. The van der Waals surface area contributed by atoms with E-state index in [1.54, 1.807) is 0 Å². The Morgan fingerprint density at radius 1 is 1.15 bits per heavy atom. The topological polar surface area (TPSA) is 66.4 Å². The first-order chi connectivity index (χ1) is 9.42. The third-order valence-electron chi connectivity index (χ3n) is 2.51. The number of halogens is 2. The van der Waals surface area contributed by atoms with E-state index in [1.807, 2.05) is 0 Å². The van der Waals surface area contributed by atoms with Crippen LogP contribution in [-0.2, 0) is 23.2 Å². The summed E-state index contributed by atoms with van der Waals surface area (Å²) in [6, 6.07) is 6.06. The van der Waals surface area contributed by atoms with Crippen molar-refractivity contribution < 1.29 is 22.3 Å². The highest BCUT2D eigenvalue weighted by Crippen LogP contribution is 2.21. The SMILES string of the molecule is O=S(=O)(NCc1ccc(F)c(F)c1)c1ccc(CO)s1. The van der Waals surface area contributed by atoms with E-state index in [9.17, 15) is 17.2 Å². The lowest BCUT2D eigenvalue weighted by Gasteiger charge is -2.05. The highest BCUT2D eigenvalue weighted by molar-refractivity contribution is 7.91. The molecule has 0 saturated heterocycles. The summed E-state index contributed by atoms with van der Waals surface area (Å²) in [6.07, 6.45) is 0. The van der Waals surface area contributed by atoms with Crippen LogP contribution in [0.1, 0.15) is 10.4 Å². The predicted molar refractivity (Wildman–Crippen MR) is 70.6 cm³/mol. The van der Waals surface area contributed by atoms with E-state index in [2.05, 4.69) is 4.72 Å². The molecule has 108 valence electrons. The Bertz CT molecular complexity index is 713. The number of rotatable bonds is 5. The van der Waals surface area contributed by atoms with Gasteiger partial charge in [0.05, 0.1) is 6.61 Å². The maximum Gasteiger partial charge on any atom is 0.250 e. The Balaban J connectivity index is 2.10. The largest absolute Gasteiger partial charge is 0.391 e. The van der Waals surface area contributed by atoms with E-state index in [4.69, 9.17) is 5.11 Å². The van der Waals surface area contributed by atoms with Gasteiger partial charge in [0.25, 0.3) is 0 Å². The summed E-state index contributed by atoms with van der Waals surface area (Å²) in [7, 11) is -3.73. The molecule has 20 heavy (non-hydrogen) atoms. The Hall–Kier alpha value is -1.35. The second-order valence-corrected chi connectivity index (χ2v) is 7.11. The fourth-order valence-electron chi connectivity index (χ4n) is 1.49. The van der Waals surface area contributed by atoms with Crippen molar-refractivity contribution in [3.05, 3.63) is 52.4 Å². The van der Waals surface area contributed by atoms with Crippen molar-refractivity contribution in [2.75, 3.05) is 0 Å². The van der Waals surface area contributed by atoms with Gasteiger partial charge in [-0.1, -0.05) is 6.07 Å². The quantitative estimate of drug-likeness (QED) is 0.886. The van der Waals surface area contributed by atoms with E-state index in [-0.39, 0.29) is 17.4 Å². The third-order valence-corrected chi connectivity index (χ3v) is 5.47. The third kappa shape index (κ3) is 3.40. The Morgan fingerprint density at radius 2 is 1.90 bits per heavy atom. The molecule has 0 unspecified atom stereocenters. The summed E-state index contributed by atoms with van der Waals surface area (Å²) < 4.78 is 52.0. The minimum atomic E-state index is -3.73. The van der Waals surface area contributed by atoms with Crippen molar-refractivity contribution in [1.82, 2.24) is 4.72 Å². The van der Waals surface area contributed by atoms with Crippen molar-refractivity contribution in [3.8, 4) is 0 Å². The normalized spacial score (nSPS) is 11.8. The first-order valence-electron chi connectivity index (χ1n) is 5.55. The van der Waals surface area contributed by atoms with Gasteiger partial charge in [-0.2, -0.15) is 0 Å². The van der Waals surface area contributed by atoms with Crippen LogP contribution >= 0.6 is 11.3 Å². The fraction of sp³-hybridized carbons (Fsp3) is 0.167. The van der Waals surface area contributed by atoms with Crippen molar-refractivity contribution in [3.63, 3.8) is 0 Å². The lowest BCUT2D eigenvalue weighted by Crippen LogP contribution is -2.22. The molecule has 0 amide bonds. The minimum absolute atomic E-state index is 0.0594. The molecule has 2 N–H and O–H groups in total. The number of hydrogen-bond donors (Lipinski definition) is 2. The van der Waals surface area contributed by atoms with Gasteiger partial charge in [0.2, 0.25) is 10.0 Å². The molecule has 2 aromatic rings. The van der Waals surface area contributed by atoms with E-state index < -0.39 is 21.7 Å². The minimum Gasteiger partial charge on any atom is -0.391 e. The molecule has 0 atom stereocenters. The highest BCUT2D eigenvalue weighted by atomic mass is 32.2. The molecule has 2 rings (SSSR count). The molecule has 4 nitrogen and oxygen atoms in total. The van der Waals surface area contributed by atoms with E-state index in [0.29, 0.717) is 10.4 Å². The van der Waals surface area contributed by atoms with Gasteiger partial charge < -0.3 is 5.11 Å². The standard InChI is InChI=1S/C12H11F2NO3S2/c13-10-3-1-8(5-11(10)14)6-15-20(17,18)12-4-2-9(7-16)19-12/h1-5,15-16H,6-7H2. The first-order valence-corrected chi connectivity index (χ1v) is 7.85. The van der Waals surface area contributed by atoms with E-state index in [1.165, 1.54) is 18.2 Å². The van der Waals surface area contributed by atoms with Crippen LogP contribution in [0.2, 0.25) is 0 Å². The van der Waals surface area contributed by atoms with Crippen LogP contribution in [0.15, 0.2) is 34.5 Å². The number of nitrogens with one attached hydrogen (secondary N) is 1. The van der Waals surface area contributed by atoms with E-state index in [0.717, 1.165) is 23.5 Å². The van der Waals surface area contributed by atoms with Crippen LogP contribution in [0.4, 0.5) is 8.78 Å².